The molecule has 0 radical (unpaired) electrons. The molecule has 0 spiro atoms. The van der Waals surface area contributed by atoms with Crippen molar-refractivity contribution in [3.8, 4) is 5.75 Å². The van der Waals surface area contributed by atoms with Crippen molar-refractivity contribution in [1.29, 1.82) is 0 Å². The smallest absolute Gasteiger partial charge is 0.262 e. The number of hydrogen-bond acceptors (Lipinski definition) is 6. The average molecular weight is 337 g/mol. The molecule has 9 heteroatoms. The van der Waals surface area contributed by atoms with Crippen molar-refractivity contribution < 1.29 is 22.5 Å². The monoisotopic (exact) mass is 337 g/mol. The maximum absolute atomic E-state index is 12.3. The lowest BCUT2D eigenvalue weighted by Crippen LogP contribution is -2.26. The number of carbonyl (C=O) groups excluding carboxylic acids is 1. The van der Waals surface area contributed by atoms with E-state index in [2.05, 4.69) is 15.2 Å². The van der Waals surface area contributed by atoms with Gasteiger partial charge in [-0.3, -0.25) is 4.79 Å². The first kappa shape index (κ1) is 15.5. The number of aryl methyl sites for hydroxylation is 2. The van der Waals surface area contributed by atoms with E-state index >= 15 is 0 Å². The molecule has 0 unspecified atom stereocenters. The molecule has 3 rings (SSSR count). The molecule has 1 aliphatic rings. The third kappa shape index (κ3) is 3.06. The second kappa shape index (κ2) is 5.67. The Kier molecular flexibility index (Phi) is 3.82. The Morgan fingerprint density at radius 1 is 1.35 bits per heavy atom. The summed E-state index contributed by atoms with van der Waals surface area (Å²) < 4.78 is 37.3. The number of nitrogens with one attached hydrogen (secondary N) is 2. The Hall–Kier alpha value is -2.39. The van der Waals surface area contributed by atoms with Gasteiger partial charge in [0, 0.05) is 6.54 Å². The molecule has 0 aliphatic carbocycles. The lowest BCUT2D eigenvalue weighted by molar-refractivity contribution is -0.118. The molecule has 0 saturated carbocycles. The zero-order chi connectivity index (χ0) is 16.6. The standard InChI is InChI=1S/C14H15N3O5S/c1-8-14(9(2)22-17-8)23(19,20)15-6-10-3-4-12-11(5-10)16-13(18)7-21-12/h3-5,15H,6-7H2,1-2H3,(H,16,18). The van der Waals surface area contributed by atoms with E-state index in [1.807, 2.05) is 0 Å². The molecule has 1 amide bonds. The normalized spacial score (nSPS) is 14.1. The fraction of sp³-hybridized carbons (Fsp3) is 0.286. The highest BCUT2D eigenvalue weighted by Gasteiger charge is 2.24. The van der Waals surface area contributed by atoms with Crippen LogP contribution < -0.4 is 14.8 Å². The summed E-state index contributed by atoms with van der Waals surface area (Å²) in [4.78, 5) is 11.4. The number of nitrogens with zero attached hydrogens (tertiary/aromatic N) is 1. The van der Waals surface area contributed by atoms with Crippen molar-refractivity contribution >= 4 is 21.6 Å². The van der Waals surface area contributed by atoms with Crippen LogP contribution in [-0.4, -0.2) is 26.1 Å². The average Bonchev–Trinajstić information content (AvgIpc) is 2.84. The Balaban J connectivity index is 1.78. The number of fused-ring (bicyclic) bond motifs is 1. The van der Waals surface area contributed by atoms with Gasteiger partial charge in [-0.1, -0.05) is 11.2 Å². The summed E-state index contributed by atoms with van der Waals surface area (Å²) >= 11 is 0. The molecular formula is C14H15N3O5S. The number of ether oxygens (including phenoxy) is 1. The van der Waals surface area contributed by atoms with Crippen LogP contribution in [0.15, 0.2) is 27.6 Å². The highest BCUT2D eigenvalue weighted by molar-refractivity contribution is 7.89. The highest BCUT2D eigenvalue weighted by atomic mass is 32.2. The van der Waals surface area contributed by atoms with Gasteiger partial charge < -0.3 is 14.6 Å². The minimum Gasteiger partial charge on any atom is -0.482 e. The summed E-state index contributed by atoms with van der Waals surface area (Å²) in [5.41, 5.74) is 1.52. The van der Waals surface area contributed by atoms with Gasteiger partial charge in [-0.15, -0.1) is 0 Å². The van der Waals surface area contributed by atoms with Gasteiger partial charge >= 0.3 is 0 Å². The summed E-state index contributed by atoms with van der Waals surface area (Å²) in [6, 6.07) is 5.09. The molecule has 2 heterocycles. The Morgan fingerprint density at radius 2 is 2.13 bits per heavy atom. The molecule has 122 valence electrons. The molecule has 0 bridgehead atoms. The second-order valence-electron chi connectivity index (χ2n) is 5.15. The predicted octanol–water partition coefficient (Wildman–Crippen LogP) is 1.10. The molecule has 23 heavy (non-hydrogen) atoms. The number of rotatable bonds is 4. The molecule has 0 fully saturated rings. The predicted molar refractivity (Wildman–Crippen MR) is 80.6 cm³/mol. The summed E-state index contributed by atoms with van der Waals surface area (Å²) in [5, 5.41) is 6.32. The van der Waals surface area contributed by atoms with E-state index < -0.39 is 10.0 Å². The van der Waals surface area contributed by atoms with Gasteiger partial charge in [-0.05, 0) is 31.5 Å². The third-order valence-electron chi connectivity index (χ3n) is 3.38. The number of amides is 1. The highest BCUT2D eigenvalue weighted by Crippen LogP contribution is 2.28. The van der Waals surface area contributed by atoms with Gasteiger partial charge in [-0.2, -0.15) is 0 Å². The Bertz CT molecular complexity index is 853. The lowest BCUT2D eigenvalue weighted by Gasteiger charge is -2.18. The van der Waals surface area contributed by atoms with Crippen molar-refractivity contribution in [1.82, 2.24) is 9.88 Å². The summed E-state index contributed by atoms with van der Waals surface area (Å²) in [6.07, 6.45) is 0. The van der Waals surface area contributed by atoms with Gasteiger partial charge in [-0.25, -0.2) is 13.1 Å². The number of sulfonamides is 1. The van der Waals surface area contributed by atoms with Crippen molar-refractivity contribution in [2.24, 2.45) is 0 Å². The number of anilines is 1. The van der Waals surface area contributed by atoms with Crippen LogP contribution >= 0.6 is 0 Å². The summed E-state index contributed by atoms with van der Waals surface area (Å²) in [5.74, 6) is 0.550. The fourth-order valence-corrected chi connectivity index (χ4v) is 3.69. The van der Waals surface area contributed by atoms with Crippen LogP contribution in [0.2, 0.25) is 0 Å². The van der Waals surface area contributed by atoms with Crippen LogP contribution in [0.5, 0.6) is 5.75 Å². The van der Waals surface area contributed by atoms with E-state index in [-0.39, 0.29) is 29.7 Å². The van der Waals surface area contributed by atoms with Crippen LogP contribution in [0.1, 0.15) is 17.0 Å². The first-order valence-electron chi connectivity index (χ1n) is 6.85. The van der Waals surface area contributed by atoms with Crippen LogP contribution in [0, 0.1) is 13.8 Å². The van der Waals surface area contributed by atoms with Crippen LogP contribution in [0.4, 0.5) is 5.69 Å². The molecule has 0 atom stereocenters. The molecule has 0 saturated heterocycles. The topological polar surface area (TPSA) is 111 Å². The molecule has 1 aromatic carbocycles. The Labute approximate surface area is 132 Å². The molecule has 2 N–H and O–H groups in total. The van der Waals surface area contributed by atoms with E-state index in [0.29, 0.717) is 22.7 Å². The quantitative estimate of drug-likeness (QED) is 0.864. The van der Waals surface area contributed by atoms with Gasteiger partial charge in [0.25, 0.3) is 5.91 Å². The number of hydrogen-bond donors (Lipinski definition) is 2. The fourth-order valence-electron chi connectivity index (χ4n) is 2.35. The van der Waals surface area contributed by atoms with Crippen LogP contribution in [0.3, 0.4) is 0 Å². The minimum atomic E-state index is -3.73. The zero-order valence-corrected chi connectivity index (χ0v) is 13.4. The summed E-state index contributed by atoms with van der Waals surface area (Å²) in [6.45, 7) is 3.15. The molecule has 1 aliphatic heterocycles. The third-order valence-corrected chi connectivity index (χ3v) is 5.02. The van der Waals surface area contributed by atoms with Crippen molar-refractivity contribution in [2.45, 2.75) is 25.3 Å². The van der Waals surface area contributed by atoms with E-state index in [0.717, 1.165) is 0 Å². The molecule has 1 aromatic heterocycles. The van der Waals surface area contributed by atoms with Gasteiger partial charge in [0.2, 0.25) is 10.0 Å². The van der Waals surface area contributed by atoms with Gasteiger partial charge in [0.1, 0.15) is 16.3 Å². The summed E-state index contributed by atoms with van der Waals surface area (Å²) in [7, 11) is -3.73. The second-order valence-corrected chi connectivity index (χ2v) is 6.85. The van der Waals surface area contributed by atoms with E-state index in [1.165, 1.54) is 0 Å². The van der Waals surface area contributed by atoms with Crippen molar-refractivity contribution in [2.75, 3.05) is 11.9 Å². The number of benzene rings is 1. The largest absolute Gasteiger partial charge is 0.482 e. The Morgan fingerprint density at radius 3 is 2.83 bits per heavy atom. The lowest BCUT2D eigenvalue weighted by atomic mass is 10.1. The van der Waals surface area contributed by atoms with E-state index in [1.54, 1.807) is 32.0 Å². The maximum Gasteiger partial charge on any atom is 0.262 e. The van der Waals surface area contributed by atoms with Crippen LogP contribution in [-0.2, 0) is 21.4 Å². The number of carbonyl (C=O) groups is 1. The van der Waals surface area contributed by atoms with Crippen molar-refractivity contribution in [3.05, 3.63) is 35.2 Å². The van der Waals surface area contributed by atoms with E-state index in [9.17, 15) is 13.2 Å². The molecule has 8 nitrogen and oxygen atoms in total. The first-order chi connectivity index (χ1) is 10.9. The maximum atomic E-state index is 12.3. The van der Waals surface area contributed by atoms with Gasteiger partial charge in [0.15, 0.2) is 12.4 Å². The molecular weight excluding hydrogens is 322 g/mol. The first-order valence-corrected chi connectivity index (χ1v) is 8.33. The van der Waals surface area contributed by atoms with Crippen LogP contribution in [0.25, 0.3) is 0 Å². The minimum absolute atomic E-state index is 0.0228. The van der Waals surface area contributed by atoms with E-state index in [4.69, 9.17) is 9.26 Å². The SMILES string of the molecule is Cc1noc(C)c1S(=O)(=O)NCc1ccc2c(c1)NC(=O)CO2. The zero-order valence-electron chi connectivity index (χ0n) is 12.5. The van der Waals surface area contributed by atoms with Gasteiger partial charge in [0.05, 0.1) is 5.69 Å². The number of aromatic nitrogens is 1. The van der Waals surface area contributed by atoms with Crippen molar-refractivity contribution in [3.63, 3.8) is 0 Å². The molecule has 2 aromatic rings.